The SMILES string of the molecule is Cc1ccccc1C1(C(=O)NCc2cccnc2N2CCC(C(N)=O)CC2)CC1. The number of aromatic nitrogens is 1. The summed E-state index contributed by atoms with van der Waals surface area (Å²) in [6.07, 6.45) is 5.05. The summed E-state index contributed by atoms with van der Waals surface area (Å²) in [5.41, 5.74) is 8.37. The highest BCUT2D eigenvalue weighted by Gasteiger charge is 2.51. The first-order valence-corrected chi connectivity index (χ1v) is 10.3. The summed E-state index contributed by atoms with van der Waals surface area (Å²) in [5, 5.41) is 3.15. The van der Waals surface area contributed by atoms with E-state index in [1.807, 2.05) is 24.3 Å². The van der Waals surface area contributed by atoms with Gasteiger partial charge >= 0.3 is 0 Å². The second-order valence-corrected chi connectivity index (χ2v) is 8.23. The largest absolute Gasteiger partial charge is 0.369 e. The molecule has 0 atom stereocenters. The van der Waals surface area contributed by atoms with Gasteiger partial charge in [-0.25, -0.2) is 4.98 Å². The van der Waals surface area contributed by atoms with Crippen LogP contribution in [0.1, 0.15) is 42.4 Å². The second-order valence-electron chi connectivity index (χ2n) is 8.23. The number of nitrogens with two attached hydrogens (primary N) is 1. The van der Waals surface area contributed by atoms with Gasteiger partial charge in [0, 0.05) is 37.3 Å². The van der Waals surface area contributed by atoms with E-state index in [-0.39, 0.29) is 23.1 Å². The van der Waals surface area contributed by atoms with Crippen LogP contribution in [-0.4, -0.2) is 29.9 Å². The third kappa shape index (κ3) is 3.84. The minimum atomic E-state index is -0.381. The van der Waals surface area contributed by atoms with Crippen LogP contribution >= 0.6 is 0 Å². The van der Waals surface area contributed by atoms with Crippen molar-refractivity contribution in [3.63, 3.8) is 0 Å². The highest BCUT2D eigenvalue weighted by molar-refractivity contribution is 5.91. The lowest BCUT2D eigenvalue weighted by Crippen LogP contribution is -2.40. The van der Waals surface area contributed by atoms with Gasteiger partial charge in [-0.2, -0.15) is 0 Å². The molecule has 1 saturated carbocycles. The molecule has 1 aromatic heterocycles. The average molecular weight is 393 g/mol. The maximum absolute atomic E-state index is 13.1. The number of pyridine rings is 1. The summed E-state index contributed by atoms with van der Waals surface area (Å²) in [6.45, 7) is 4.01. The molecule has 0 bridgehead atoms. The van der Waals surface area contributed by atoms with Crippen LogP contribution in [0.25, 0.3) is 0 Å². The van der Waals surface area contributed by atoms with E-state index in [0.717, 1.165) is 55.7 Å². The third-order valence-electron chi connectivity index (χ3n) is 6.35. The van der Waals surface area contributed by atoms with Gasteiger partial charge < -0.3 is 16.0 Å². The maximum Gasteiger partial charge on any atom is 0.230 e. The molecular weight excluding hydrogens is 364 g/mol. The van der Waals surface area contributed by atoms with Crippen molar-refractivity contribution in [3.8, 4) is 0 Å². The fourth-order valence-electron chi connectivity index (χ4n) is 4.43. The highest BCUT2D eigenvalue weighted by atomic mass is 16.2. The zero-order valence-electron chi connectivity index (χ0n) is 16.9. The number of hydrogen-bond donors (Lipinski definition) is 2. The summed E-state index contributed by atoms with van der Waals surface area (Å²) >= 11 is 0. The molecule has 29 heavy (non-hydrogen) atoms. The molecule has 1 saturated heterocycles. The highest BCUT2D eigenvalue weighted by Crippen LogP contribution is 2.49. The number of rotatable bonds is 6. The van der Waals surface area contributed by atoms with E-state index in [1.54, 1.807) is 6.20 Å². The first-order chi connectivity index (χ1) is 14.0. The van der Waals surface area contributed by atoms with Gasteiger partial charge in [-0.05, 0) is 49.8 Å². The van der Waals surface area contributed by atoms with E-state index in [2.05, 4.69) is 34.3 Å². The Hall–Kier alpha value is -2.89. The van der Waals surface area contributed by atoms with Gasteiger partial charge in [0.05, 0.1) is 5.41 Å². The standard InChI is InChI=1S/C23H28N4O2/c1-16-5-2-3-7-19(16)23(10-11-23)22(29)26-15-18-6-4-12-25-21(18)27-13-8-17(9-14-27)20(24)28/h2-7,12,17H,8-11,13-15H2,1H3,(H2,24,28)(H,26,29). The zero-order chi connectivity index (χ0) is 20.4. The summed E-state index contributed by atoms with van der Waals surface area (Å²) in [6, 6.07) is 12.1. The number of nitrogens with one attached hydrogen (secondary N) is 1. The van der Waals surface area contributed by atoms with Crippen molar-refractivity contribution < 1.29 is 9.59 Å². The van der Waals surface area contributed by atoms with Crippen LogP contribution in [0.3, 0.4) is 0 Å². The minimum absolute atomic E-state index is 0.0537. The Bertz CT molecular complexity index is 915. The van der Waals surface area contributed by atoms with Gasteiger partial charge in [-0.15, -0.1) is 0 Å². The van der Waals surface area contributed by atoms with Gasteiger partial charge in [0.25, 0.3) is 0 Å². The molecule has 2 amide bonds. The molecule has 6 nitrogen and oxygen atoms in total. The van der Waals surface area contributed by atoms with Crippen molar-refractivity contribution in [3.05, 3.63) is 59.3 Å². The van der Waals surface area contributed by atoms with E-state index < -0.39 is 0 Å². The van der Waals surface area contributed by atoms with Crippen LogP contribution in [0.2, 0.25) is 0 Å². The van der Waals surface area contributed by atoms with Crippen molar-refractivity contribution in [1.29, 1.82) is 0 Å². The molecule has 2 fully saturated rings. The number of benzene rings is 1. The van der Waals surface area contributed by atoms with E-state index in [1.165, 1.54) is 5.56 Å². The number of carbonyl (C=O) groups excluding carboxylic acids is 2. The summed E-state index contributed by atoms with van der Waals surface area (Å²) in [5.74, 6) is 0.705. The molecule has 1 aromatic carbocycles. The van der Waals surface area contributed by atoms with Crippen LogP contribution in [0, 0.1) is 12.8 Å². The predicted octanol–water partition coefficient (Wildman–Crippen LogP) is 2.44. The first kappa shape index (κ1) is 19.4. The molecule has 152 valence electrons. The molecule has 3 N–H and O–H groups in total. The maximum atomic E-state index is 13.1. The van der Waals surface area contributed by atoms with Crippen LogP contribution in [0.15, 0.2) is 42.6 Å². The molecule has 2 aromatic rings. The molecular formula is C23H28N4O2. The summed E-state index contributed by atoms with van der Waals surface area (Å²) in [4.78, 5) is 31.2. The Morgan fingerprint density at radius 1 is 1.17 bits per heavy atom. The van der Waals surface area contributed by atoms with Crippen molar-refractivity contribution >= 4 is 17.6 Å². The van der Waals surface area contributed by atoms with E-state index in [0.29, 0.717) is 6.54 Å². The van der Waals surface area contributed by atoms with Gasteiger partial charge in [0.1, 0.15) is 5.82 Å². The van der Waals surface area contributed by atoms with E-state index >= 15 is 0 Å². The van der Waals surface area contributed by atoms with Gasteiger partial charge in [-0.1, -0.05) is 30.3 Å². The molecule has 0 unspecified atom stereocenters. The lowest BCUT2D eigenvalue weighted by molar-refractivity contribution is -0.124. The van der Waals surface area contributed by atoms with Crippen LogP contribution < -0.4 is 16.0 Å². The Morgan fingerprint density at radius 3 is 2.55 bits per heavy atom. The van der Waals surface area contributed by atoms with Crippen molar-refractivity contribution in [1.82, 2.24) is 10.3 Å². The smallest absolute Gasteiger partial charge is 0.230 e. The Kier molecular flexibility index (Phi) is 5.26. The van der Waals surface area contributed by atoms with Gasteiger partial charge in [0.2, 0.25) is 11.8 Å². The Morgan fingerprint density at radius 2 is 1.90 bits per heavy atom. The fourth-order valence-corrected chi connectivity index (χ4v) is 4.43. The minimum Gasteiger partial charge on any atom is -0.369 e. The number of carbonyl (C=O) groups is 2. The van der Waals surface area contributed by atoms with Gasteiger partial charge in [-0.3, -0.25) is 9.59 Å². The zero-order valence-corrected chi connectivity index (χ0v) is 16.9. The molecule has 2 heterocycles. The van der Waals surface area contributed by atoms with E-state index in [9.17, 15) is 9.59 Å². The van der Waals surface area contributed by atoms with Crippen molar-refractivity contribution in [2.75, 3.05) is 18.0 Å². The molecule has 0 radical (unpaired) electrons. The first-order valence-electron chi connectivity index (χ1n) is 10.3. The lowest BCUT2D eigenvalue weighted by Gasteiger charge is -2.32. The Labute approximate surface area is 171 Å². The van der Waals surface area contributed by atoms with Crippen molar-refractivity contribution in [2.45, 2.75) is 44.6 Å². The van der Waals surface area contributed by atoms with Gasteiger partial charge in [0.15, 0.2) is 0 Å². The number of aryl methyl sites for hydroxylation is 1. The van der Waals surface area contributed by atoms with Crippen LogP contribution in [0.4, 0.5) is 5.82 Å². The monoisotopic (exact) mass is 392 g/mol. The normalized spacial score (nSPS) is 18.3. The number of piperidine rings is 1. The molecule has 1 aliphatic heterocycles. The fraction of sp³-hybridized carbons (Fsp3) is 0.435. The lowest BCUT2D eigenvalue weighted by atomic mass is 9.91. The quantitative estimate of drug-likeness (QED) is 0.790. The predicted molar refractivity (Wildman–Crippen MR) is 112 cm³/mol. The summed E-state index contributed by atoms with van der Waals surface area (Å²) < 4.78 is 0. The van der Waals surface area contributed by atoms with Crippen LogP contribution in [-0.2, 0) is 21.5 Å². The molecule has 1 aliphatic carbocycles. The number of nitrogens with zero attached hydrogens (tertiary/aromatic N) is 2. The van der Waals surface area contributed by atoms with E-state index in [4.69, 9.17) is 5.73 Å². The van der Waals surface area contributed by atoms with Crippen LogP contribution in [0.5, 0.6) is 0 Å². The Balaban J connectivity index is 1.44. The molecule has 2 aliphatic rings. The molecule has 4 rings (SSSR count). The number of amides is 2. The number of primary amides is 1. The molecule has 6 heteroatoms. The number of hydrogen-bond acceptors (Lipinski definition) is 4. The summed E-state index contributed by atoms with van der Waals surface area (Å²) in [7, 11) is 0. The second kappa shape index (κ2) is 7.85. The third-order valence-corrected chi connectivity index (χ3v) is 6.35. The molecule has 0 spiro atoms. The average Bonchev–Trinajstić information content (AvgIpc) is 3.54. The number of anilines is 1. The van der Waals surface area contributed by atoms with Crippen molar-refractivity contribution in [2.24, 2.45) is 11.7 Å². The topological polar surface area (TPSA) is 88.3 Å².